The van der Waals surface area contributed by atoms with E-state index in [0.717, 1.165) is 23.5 Å². The Labute approximate surface area is 149 Å². The van der Waals surface area contributed by atoms with E-state index in [2.05, 4.69) is 35.8 Å². The first-order valence-corrected chi connectivity index (χ1v) is 8.40. The number of carbonyl (C=O) groups is 1. The van der Waals surface area contributed by atoms with Gasteiger partial charge in [0.25, 0.3) is 0 Å². The van der Waals surface area contributed by atoms with Crippen LogP contribution < -0.4 is 20.1 Å². The Hall–Kier alpha value is -2.69. The topological polar surface area (TPSA) is 59.6 Å². The molecule has 25 heavy (non-hydrogen) atoms. The quantitative estimate of drug-likeness (QED) is 0.775. The van der Waals surface area contributed by atoms with Gasteiger partial charge in [0.05, 0.1) is 14.2 Å². The molecule has 0 unspecified atom stereocenters. The maximum Gasteiger partial charge on any atom is 0.314 e. The summed E-state index contributed by atoms with van der Waals surface area (Å²) in [4.78, 5) is 11.9. The lowest BCUT2D eigenvalue weighted by molar-refractivity contribution is 0.241. The molecule has 0 heterocycles. The molecule has 0 spiro atoms. The lowest BCUT2D eigenvalue weighted by atomic mass is 10.1. The Bertz CT molecular complexity index is 701. The van der Waals surface area contributed by atoms with Gasteiger partial charge >= 0.3 is 6.03 Å². The summed E-state index contributed by atoms with van der Waals surface area (Å²) in [6.07, 6.45) is 1.49. The third-order valence-electron chi connectivity index (χ3n) is 3.95. The third-order valence-corrected chi connectivity index (χ3v) is 3.95. The molecule has 0 aliphatic carbocycles. The fourth-order valence-electron chi connectivity index (χ4n) is 2.64. The molecule has 5 nitrogen and oxygen atoms in total. The van der Waals surface area contributed by atoms with Crippen molar-refractivity contribution in [2.45, 2.75) is 19.8 Å². The highest BCUT2D eigenvalue weighted by molar-refractivity contribution is 5.73. The smallest absolute Gasteiger partial charge is 0.314 e. The van der Waals surface area contributed by atoms with Crippen LogP contribution in [0.25, 0.3) is 0 Å². The number of ether oxygens (including phenoxy) is 2. The molecular weight excluding hydrogens is 316 g/mol. The van der Waals surface area contributed by atoms with Gasteiger partial charge in [0.1, 0.15) is 11.5 Å². The Balaban J connectivity index is 1.73. The van der Waals surface area contributed by atoms with Gasteiger partial charge in [-0.05, 0) is 49.1 Å². The van der Waals surface area contributed by atoms with Gasteiger partial charge in [-0.25, -0.2) is 4.79 Å². The number of benzene rings is 2. The monoisotopic (exact) mass is 342 g/mol. The minimum atomic E-state index is -0.158. The number of hydrogen-bond acceptors (Lipinski definition) is 3. The number of rotatable bonds is 8. The van der Waals surface area contributed by atoms with Crippen LogP contribution >= 0.6 is 0 Å². The van der Waals surface area contributed by atoms with Gasteiger partial charge in [-0.15, -0.1) is 0 Å². The van der Waals surface area contributed by atoms with Crippen molar-refractivity contribution in [3.8, 4) is 11.5 Å². The Morgan fingerprint density at radius 2 is 1.72 bits per heavy atom. The van der Waals surface area contributed by atoms with E-state index in [1.807, 2.05) is 24.3 Å². The second kappa shape index (κ2) is 9.57. The molecule has 5 heteroatoms. The summed E-state index contributed by atoms with van der Waals surface area (Å²) in [6.45, 7) is 3.20. The standard InChI is InChI=1S/C20H26N2O3/c1-15-5-4-6-16(13-15)9-11-21-20(23)22-12-10-17-14-18(24-2)7-8-19(17)25-3/h4-8,13-14H,9-12H2,1-3H3,(H2,21,22,23). The number of amides is 2. The largest absolute Gasteiger partial charge is 0.497 e. The zero-order chi connectivity index (χ0) is 18.1. The van der Waals surface area contributed by atoms with Gasteiger partial charge < -0.3 is 20.1 Å². The van der Waals surface area contributed by atoms with E-state index in [9.17, 15) is 4.79 Å². The predicted molar refractivity (Wildman–Crippen MR) is 99.5 cm³/mol. The molecule has 2 N–H and O–H groups in total. The van der Waals surface area contributed by atoms with Crippen LogP contribution in [0, 0.1) is 6.92 Å². The van der Waals surface area contributed by atoms with Gasteiger partial charge in [-0.3, -0.25) is 0 Å². The molecule has 134 valence electrons. The summed E-state index contributed by atoms with van der Waals surface area (Å²) in [5, 5.41) is 5.75. The molecule has 2 rings (SSSR count). The first kappa shape index (κ1) is 18.6. The Kier molecular flexibility index (Phi) is 7.14. The second-order valence-corrected chi connectivity index (χ2v) is 5.85. The van der Waals surface area contributed by atoms with Crippen molar-refractivity contribution in [2.75, 3.05) is 27.3 Å². The maximum absolute atomic E-state index is 11.9. The fourth-order valence-corrected chi connectivity index (χ4v) is 2.64. The summed E-state index contributed by atoms with van der Waals surface area (Å²) in [7, 11) is 3.27. The summed E-state index contributed by atoms with van der Waals surface area (Å²) < 4.78 is 10.6. The molecular formula is C20H26N2O3. The lowest BCUT2D eigenvalue weighted by Crippen LogP contribution is -2.37. The van der Waals surface area contributed by atoms with Crippen LogP contribution in [0.3, 0.4) is 0 Å². The van der Waals surface area contributed by atoms with Crippen LogP contribution in [0.2, 0.25) is 0 Å². The van der Waals surface area contributed by atoms with Crippen LogP contribution in [0.1, 0.15) is 16.7 Å². The van der Waals surface area contributed by atoms with E-state index >= 15 is 0 Å². The zero-order valence-corrected chi connectivity index (χ0v) is 15.1. The molecule has 0 bridgehead atoms. The van der Waals surface area contributed by atoms with E-state index in [1.54, 1.807) is 14.2 Å². The summed E-state index contributed by atoms with van der Waals surface area (Å²) >= 11 is 0. The van der Waals surface area contributed by atoms with Crippen LogP contribution in [0.4, 0.5) is 4.79 Å². The molecule has 2 aromatic rings. The molecule has 0 radical (unpaired) electrons. The van der Waals surface area contributed by atoms with Crippen molar-refractivity contribution >= 4 is 6.03 Å². The van der Waals surface area contributed by atoms with Crippen molar-refractivity contribution in [1.29, 1.82) is 0 Å². The average molecular weight is 342 g/mol. The number of methoxy groups -OCH3 is 2. The molecule has 2 amide bonds. The molecule has 0 atom stereocenters. The zero-order valence-electron chi connectivity index (χ0n) is 15.1. The van der Waals surface area contributed by atoms with E-state index in [0.29, 0.717) is 19.5 Å². The summed E-state index contributed by atoms with van der Waals surface area (Å²) in [5.74, 6) is 1.57. The molecule has 0 saturated heterocycles. The number of aryl methyl sites for hydroxylation is 1. The number of carbonyl (C=O) groups excluding carboxylic acids is 1. The van der Waals surface area contributed by atoms with Crippen molar-refractivity contribution < 1.29 is 14.3 Å². The van der Waals surface area contributed by atoms with Crippen molar-refractivity contribution in [2.24, 2.45) is 0 Å². The fraction of sp³-hybridized carbons (Fsp3) is 0.350. The van der Waals surface area contributed by atoms with Crippen molar-refractivity contribution in [3.63, 3.8) is 0 Å². The molecule has 2 aromatic carbocycles. The minimum absolute atomic E-state index is 0.158. The van der Waals surface area contributed by atoms with Crippen molar-refractivity contribution in [3.05, 3.63) is 59.2 Å². The number of urea groups is 1. The summed E-state index contributed by atoms with van der Waals surface area (Å²) in [6, 6.07) is 13.8. The van der Waals surface area contributed by atoms with Crippen LogP contribution in [-0.4, -0.2) is 33.3 Å². The average Bonchev–Trinajstić information content (AvgIpc) is 2.61. The third kappa shape index (κ3) is 6.03. The Morgan fingerprint density at radius 3 is 2.40 bits per heavy atom. The maximum atomic E-state index is 11.9. The highest BCUT2D eigenvalue weighted by Crippen LogP contribution is 2.24. The number of nitrogens with one attached hydrogen (secondary N) is 2. The van der Waals surface area contributed by atoms with Crippen LogP contribution in [0.15, 0.2) is 42.5 Å². The van der Waals surface area contributed by atoms with Gasteiger partial charge in [-0.2, -0.15) is 0 Å². The predicted octanol–water partition coefficient (Wildman–Crippen LogP) is 3.10. The molecule has 0 fully saturated rings. The number of hydrogen-bond donors (Lipinski definition) is 2. The van der Waals surface area contributed by atoms with E-state index in [4.69, 9.17) is 9.47 Å². The van der Waals surface area contributed by atoms with Crippen LogP contribution in [-0.2, 0) is 12.8 Å². The highest BCUT2D eigenvalue weighted by atomic mass is 16.5. The van der Waals surface area contributed by atoms with Crippen molar-refractivity contribution in [1.82, 2.24) is 10.6 Å². The molecule has 0 saturated carbocycles. The van der Waals surface area contributed by atoms with E-state index in [-0.39, 0.29) is 6.03 Å². The SMILES string of the molecule is COc1ccc(OC)c(CCNC(=O)NCCc2cccc(C)c2)c1. The molecule has 0 aromatic heterocycles. The van der Waals surface area contributed by atoms with E-state index in [1.165, 1.54) is 11.1 Å². The van der Waals surface area contributed by atoms with Gasteiger partial charge in [0, 0.05) is 13.1 Å². The second-order valence-electron chi connectivity index (χ2n) is 5.85. The molecule has 0 aliphatic rings. The highest BCUT2D eigenvalue weighted by Gasteiger charge is 2.06. The summed E-state index contributed by atoms with van der Waals surface area (Å²) in [5.41, 5.74) is 3.46. The minimum Gasteiger partial charge on any atom is -0.497 e. The Morgan fingerprint density at radius 1 is 0.960 bits per heavy atom. The first-order valence-electron chi connectivity index (χ1n) is 8.40. The van der Waals surface area contributed by atoms with Gasteiger partial charge in [-0.1, -0.05) is 29.8 Å². The first-order chi connectivity index (χ1) is 12.1. The lowest BCUT2D eigenvalue weighted by Gasteiger charge is -2.11. The van der Waals surface area contributed by atoms with Crippen LogP contribution in [0.5, 0.6) is 11.5 Å². The van der Waals surface area contributed by atoms with Gasteiger partial charge in [0.2, 0.25) is 0 Å². The van der Waals surface area contributed by atoms with E-state index < -0.39 is 0 Å². The molecule has 0 aliphatic heterocycles. The van der Waals surface area contributed by atoms with Gasteiger partial charge in [0.15, 0.2) is 0 Å². The normalized spacial score (nSPS) is 10.2.